The van der Waals surface area contributed by atoms with Gasteiger partial charge in [-0.3, -0.25) is 9.48 Å². The average Bonchev–Trinajstić information content (AvgIpc) is 2.95. The minimum atomic E-state index is 0.0643. The van der Waals surface area contributed by atoms with E-state index >= 15 is 0 Å². The lowest BCUT2D eigenvalue weighted by Crippen LogP contribution is -2.25. The summed E-state index contributed by atoms with van der Waals surface area (Å²) in [6.07, 6.45) is 6.02. The molecule has 0 aliphatic heterocycles. The largest absolute Gasteiger partial charge is 0.497 e. The van der Waals surface area contributed by atoms with E-state index in [0.717, 1.165) is 40.6 Å². The van der Waals surface area contributed by atoms with Gasteiger partial charge in [0.05, 0.1) is 29.7 Å². The zero-order valence-corrected chi connectivity index (χ0v) is 14.9. The van der Waals surface area contributed by atoms with Crippen molar-refractivity contribution in [2.45, 2.75) is 38.1 Å². The minimum Gasteiger partial charge on any atom is -0.497 e. The normalized spacial score (nSPS) is 15.6. The molecular weight excluding hydrogens is 311 g/mol. The van der Waals surface area contributed by atoms with Crippen LogP contribution in [0.3, 0.4) is 0 Å². The molecule has 4 nitrogen and oxygen atoms in total. The molecule has 3 aromatic rings. The molecule has 0 atom stereocenters. The van der Waals surface area contributed by atoms with Crippen LogP contribution in [0.5, 0.6) is 5.75 Å². The lowest BCUT2D eigenvalue weighted by atomic mass is 9.94. The zero-order chi connectivity index (χ0) is 17.4. The van der Waals surface area contributed by atoms with Gasteiger partial charge in [-0.1, -0.05) is 36.9 Å². The van der Waals surface area contributed by atoms with Crippen molar-refractivity contribution in [2.24, 2.45) is 0 Å². The second-order valence-electron chi connectivity index (χ2n) is 6.97. The van der Waals surface area contributed by atoms with Crippen LogP contribution in [-0.4, -0.2) is 24.3 Å². The standard InChI is InChI=1S/C20H23BN2O2/c1-25-17-10-8-16(9-11-17)23-20(24)18-13-14(21)7-12-19(18)22(23)15-5-3-2-4-6-15/h7-13,15H,2-6,21H2,1H3. The first-order valence-corrected chi connectivity index (χ1v) is 9.07. The molecule has 1 heterocycles. The predicted molar refractivity (Wildman–Crippen MR) is 104 cm³/mol. The Bertz CT molecular complexity index is 950. The highest BCUT2D eigenvalue weighted by Gasteiger charge is 2.23. The molecule has 0 N–H and O–H groups in total. The lowest BCUT2D eigenvalue weighted by Gasteiger charge is -2.26. The summed E-state index contributed by atoms with van der Waals surface area (Å²) in [4.78, 5) is 13.2. The van der Waals surface area contributed by atoms with Gasteiger partial charge in [-0.05, 0) is 43.2 Å². The van der Waals surface area contributed by atoms with E-state index in [1.807, 2.05) is 42.9 Å². The molecular formula is C20H23BN2O2. The maximum atomic E-state index is 13.2. The van der Waals surface area contributed by atoms with Crippen molar-refractivity contribution in [2.75, 3.05) is 7.11 Å². The number of aromatic nitrogens is 2. The molecule has 2 aromatic carbocycles. The van der Waals surface area contributed by atoms with E-state index in [1.54, 1.807) is 7.11 Å². The second-order valence-corrected chi connectivity index (χ2v) is 6.97. The lowest BCUT2D eigenvalue weighted by molar-refractivity contribution is 0.319. The van der Waals surface area contributed by atoms with Gasteiger partial charge in [-0.2, -0.15) is 0 Å². The van der Waals surface area contributed by atoms with Gasteiger partial charge in [0.1, 0.15) is 13.6 Å². The van der Waals surface area contributed by atoms with Crippen LogP contribution in [0.25, 0.3) is 16.6 Å². The van der Waals surface area contributed by atoms with Crippen molar-refractivity contribution in [3.05, 3.63) is 52.8 Å². The zero-order valence-electron chi connectivity index (χ0n) is 14.9. The van der Waals surface area contributed by atoms with E-state index in [-0.39, 0.29) is 5.56 Å². The molecule has 1 aliphatic carbocycles. The van der Waals surface area contributed by atoms with Crippen LogP contribution >= 0.6 is 0 Å². The Labute approximate surface area is 148 Å². The third-order valence-corrected chi connectivity index (χ3v) is 5.27. The smallest absolute Gasteiger partial charge is 0.279 e. The summed E-state index contributed by atoms with van der Waals surface area (Å²) in [5.41, 5.74) is 3.12. The van der Waals surface area contributed by atoms with E-state index in [4.69, 9.17) is 4.74 Å². The molecule has 1 aromatic heterocycles. The van der Waals surface area contributed by atoms with E-state index < -0.39 is 0 Å². The number of fused-ring (bicyclic) bond motifs is 1. The number of rotatable bonds is 3. The maximum Gasteiger partial charge on any atom is 0.279 e. The summed E-state index contributed by atoms with van der Waals surface area (Å²) in [7, 11) is 3.69. The molecule has 1 fully saturated rings. The van der Waals surface area contributed by atoms with Gasteiger partial charge in [0, 0.05) is 0 Å². The fraction of sp³-hybridized carbons (Fsp3) is 0.350. The molecule has 0 amide bonds. The molecule has 4 rings (SSSR count). The number of nitrogens with zero attached hydrogens (tertiary/aromatic N) is 2. The molecule has 0 unspecified atom stereocenters. The number of methoxy groups -OCH3 is 1. The van der Waals surface area contributed by atoms with E-state index in [2.05, 4.69) is 16.8 Å². The molecule has 5 heteroatoms. The number of hydrogen-bond donors (Lipinski definition) is 0. The summed E-state index contributed by atoms with van der Waals surface area (Å²) >= 11 is 0. The predicted octanol–water partition coefficient (Wildman–Crippen LogP) is 2.56. The van der Waals surface area contributed by atoms with Crippen molar-refractivity contribution < 1.29 is 4.74 Å². The van der Waals surface area contributed by atoms with Crippen molar-refractivity contribution in [1.82, 2.24) is 9.36 Å². The maximum absolute atomic E-state index is 13.2. The summed E-state index contributed by atoms with van der Waals surface area (Å²) in [6.45, 7) is 0. The van der Waals surface area contributed by atoms with Gasteiger partial charge in [0.25, 0.3) is 5.56 Å². The van der Waals surface area contributed by atoms with Crippen molar-refractivity contribution >= 4 is 24.2 Å². The van der Waals surface area contributed by atoms with Crippen LogP contribution in [0.1, 0.15) is 38.1 Å². The van der Waals surface area contributed by atoms with Gasteiger partial charge in [0.15, 0.2) is 0 Å². The van der Waals surface area contributed by atoms with Crippen molar-refractivity contribution in [1.29, 1.82) is 0 Å². The molecule has 25 heavy (non-hydrogen) atoms. The number of hydrogen-bond acceptors (Lipinski definition) is 2. The van der Waals surface area contributed by atoms with Crippen LogP contribution in [0.4, 0.5) is 0 Å². The molecule has 0 saturated heterocycles. The number of benzene rings is 2. The highest BCUT2D eigenvalue weighted by atomic mass is 16.5. The SMILES string of the molecule is Bc1ccc2c(c1)c(=O)n(-c1ccc(OC)cc1)n2C1CCCCC1. The monoisotopic (exact) mass is 334 g/mol. The van der Waals surface area contributed by atoms with Gasteiger partial charge in [-0.15, -0.1) is 0 Å². The first-order chi connectivity index (χ1) is 12.2. The Balaban J connectivity index is 1.97. The summed E-state index contributed by atoms with van der Waals surface area (Å²) in [5.74, 6) is 0.799. The van der Waals surface area contributed by atoms with Gasteiger partial charge < -0.3 is 4.74 Å². The molecule has 0 bridgehead atoms. The third kappa shape index (κ3) is 2.78. The number of ether oxygens (including phenoxy) is 1. The Morgan fingerprint density at radius 1 is 1.04 bits per heavy atom. The van der Waals surface area contributed by atoms with Crippen LogP contribution in [-0.2, 0) is 0 Å². The minimum absolute atomic E-state index is 0.0643. The fourth-order valence-corrected chi connectivity index (χ4v) is 3.99. The van der Waals surface area contributed by atoms with Crippen LogP contribution < -0.4 is 15.8 Å². The molecule has 128 valence electrons. The molecule has 0 radical (unpaired) electrons. The van der Waals surface area contributed by atoms with Crippen LogP contribution in [0.2, 0.25) is 0 Å². The quantitative estimate of drug-likeness (QED) is 0.690. The van der Waals surface area contributed by atoms with E-state index in [1.165, 1.54) is 19.3 Å². The highest BCUT2D eigenvalue weighted by Crippen LogP contribution is 2.31. The van der Waals surface area contributed by atoms with Crippen molar-refractivity contribution in [3.63, 3.8) is 0 Å². The Hall–Kier alpha value is -2.43. The molecule has 1 saturated carbocycles. The Morgan fingerprint density at radius 3 is 2.44 bits per heavy atom. The van der Waals surface area contributed by atoms with E-state index in [9.17, 15) is 4.79 Å². The van der Waals surface area contributed by atoms with Gasteiger partial charge in [0.2, 0.25) is 0 Å². The summed E-state index contributed by atoms with van der Waals surface area (Å²) in [5, 5.41) is 0.807. The summed E-state index contributed by atoms with van der Waals surface area (Å²) < 4.78 is 9.36. The topological polar surface area (TPSA) is 36.2 Å². The van der Waals surface area contributed by atoms with Crippen LogP contribution in [0.15, 0.2) is 47.3 Å². The van der Waals surface area contributed by atoms with Crippen LogP contribution in [0, 0.1) is 0 Å². The summed E-state index contributed by atoms with van der Waals surface area (Å²) in [6, 6.07) is 14.3. The first-order valence-electron chi connectivity index (χ1n) is 9.07. The second kappa shape index (κ2) is 6.47. The first kappa shape index (κ1) is 16.1. The molecule has 1 aliphatic rings. The van der Waals surface area contributed by atoms with Crippen molar-refractivity contribution in [3.8, 4) is 11.4 Å². The highest BCUT2D eigenvalue weighted by molar-refractivity contribution is 6.33. The van der Waals surface area contributed by atoms with Gasteiger partial charge >= 0.3 is 0 Å². The Kier molecular flexibility index (Phi) is 4.16. The Morgan fingerprint density at radius 2 is 1.76 bits per heavy atom. The third-order valence-electron chi connectivity index (χ3n) is 5.27. The average molecular weight is 334 g/mol. The molecule has 0 spiro atoms. The fourth-order valence-electron chi connectivity index (χ4n) is 3.99. The van der Waals surface area contributed by atoms with E-state index in [0.29, 0.717) is 6.04 Å². The van der Waals surface area contributed by atoms with Gasteiger partial charge in [-0.25, -0.2) is 4.68 Å².